The monoisotopic (exact) mass is 438 g/mol. The van der Waals surface area contributed by atoms with Gasteiger partial charge in [0.15, 0.2) is 24.0 Å². The van der Waals surface area contributed by atoms with Gasteiger partial charge in [-0.1, -0.05) is 12.1 Å². The molecule has 5 rings (SSSR count). The second-order valence-electron chi connectivity index (χ2n) is 8.91. The van der Waals surface area contributed by atoms with Crippen LogP contribution in [0, 0.1) is 18.7 Å². The Morgan fingerprint density at radius 1 is 1.19 bits per heavy atom. The van der Waals surface area contributed by atoms with Gasteiger partial charge < -0.3 is 9.64 Å². The lowest BCUT2D eigenvalue weighted by molar-refractivity contribution is -0.137. The third kappa shape index (κ3) is 4.06. The number of rotatable bonds is 6. The van der Waals surface area contributed by atoms with Gasteiger partial charge in [0.1, 0.15) is 5.82 Å². The Hall–Kier alpha value is -3.03. The number of carbonyl (C=O) groups is 2. The lowest BCUT2D eigenvalue weighted by Crippen LogP contribution is -2.42. The van der Waals surface area contributed by atoms with Gasteiger partial charge in [-0.15, -0.1) is 0 Å². The minimum absolute atomic E-state index is 0.0632. The Morgan fingerprint density at radius 2 is 2.00 bits per heavy atom. The van der Waals surface area contributed by atoms with Crippen LogP contribution in [0.2, 0.25) is 0 Å². The van der Waals surface area contributed by atoms with Crippen LogP contribution in [0.25, 0.3) is 0 Å². The first kappa shape index (κ1) is 20.8. The fourth-order valence-electron chi connectivity index (χ4n) is 4.58. The summed E-state index contributed by atoms with van der Waals surface area (Å²) in [6.45, 7) is 2.96. The average Bonchev–Trinajstić information content (AvgIpc) is 3.56. The average molecular weight is 439 g/mol. The number of ether oxygens (including phenoxy) is 1. The molecule has 1 aromatic heterocycles. The summed E-state index contributed by atoms with van der Waals surface area (Å²) in [7, 11) is 0. The number of carbonyl (C=O) groups excluding carboxylic acids is 2. The van der Waals surface area contributed by atoms with Crippen LogP contribution in [0.5, 0.6) is 5.75 Å². The number of benzene rings is 1. The zero-order valence-electron chi connectivity index (χ0n) is 18.2. The van der Waals surface area contributed by atoms with Crippen molar-refractivity contribution >= 4 is 17.6 Å². The molecule has 0 bridgehead atoms. The van der Waals surface area contributed by atoms with Crippen molar-refractivity contribution in [1.82, 2.24) is 14.9 Å². The summed E-state index contributed by atoms with van der Waals surface area (Å²) in [5, 5.41) is 0. The fourth-order valence-corrected chi connectivity index (χ4v) is 4.58. The summed E-state index contributed by atoms with van der Waals surface area (Å²) in [5.41, 5.74) is 1.70. The summed E-state index contributed by atoms with van der Waals surface area (Å²) in [5.74, 6) is 1.29. The standard InChI is InChI=1S/C24H27FN4O3/c1-15-17-12-21(30)29(13-16-9-10-16)24(17)27-23(26-15)19-7-4-5-11-28(19)22(31)14-32-20-8-3-2-6-18(20)25/h2-3,6,8,16,19H,4-5,7,9-14H2,1H3/t19-/m1/s1. The Labute approximate surface area is 186 Å². The first-order chi connectivity index (χ1) is 15.5. The summed E-state index contributed by atoms with van der Waals surface area (Å²) < 4.78 is 19.3. The molecule has 0 unspecified atom stereocenters. The van der Waals surface area contributed by atoms with Crippen molar-refractivity contribution in [2.45, 2.75) is 51.5 Å². The third-order valence-corrected chi connectivity index (χ3v) is 6.54. The number of aromatic nitrogens is 2. The van der Waals surface area contributed by atoms with Gasteiger partial charge in [0.05, 0.1) is 12.5 Å². The van der Waals surface area contributed by atoms with Gasteiger partial charge >= 0.3 is 0 Å². The van der Waals surface area contributed by atoms with Gasteiger partial charge in [-0.3, -0.25) is 14.5 Å². The molecule has 1 aliphatic carbocycles. The van der Waals surface area contributed by atoms with Crippen molar-refractivity contribution in [2.75, 3.05) is 24.6 Å². The van der Waals surface area contributed by atoms with Gasteiger partial charge in [0, 0.05) is 24.3 Å². The highest BCUT2D eigenvalue weighted by atomic mass is 19.1. The fraction of sp³-hybridized carbons (Fsp3) is 0.500. The topological polar surface area (TPSA) is 75.6 Å². The van der Waals surface area contributed by atoms with Crippen LogP contribution >= 0.6 is 0 Å². The molecule has 3 aliphatic rings. The molecule has 2 amide bonds. The van der Waals surface area contributed by atoms with E-state index in [1.807, 2.05) is 11.8 Å². The molecular formula is C24H27FN4O3. The van der Waals surface area contributed by atoms with Crippen molar-refractivity contribution < 1.29 is 18.7 Å². The summed E-state index contributed by atoms with van der Waals surface area (Å²) in [6, 6.07) is 5.79. The lowest BCUT2D eigenvalue weighted by atomic mass is 10.0. The highest BCUT2D eigenvalue weighted by molar-refractivity contribution is 6.00. The van der Waals surface area contributed by atoms with E-state index in [0.29, 0.717) is 37.1 Å². The summed E-state index contributed by atoms with van der Waals surface area (Å²) in [4.78, 5) is 38.7. The summed E-state index contributed by atoms with van der Waals surface area (Å²) >= 11 is 0. The Morgan fingerprint density at radius 3 is 2.78 bits per heavy atom. The van der Waals surface area contributed by atoms with Gasteiger partial charge in [0.25, 0.3) is 5.91 Å². The Balaban J connectivity index is 1.37. The largest absolute Gasteiger partial charge is 0.481 e. The Kier molecular flexibility index (Phi) is 5.53. The molecule has 32 heavy (non-hydrogen) atoms. The molecule has 168 valence electrons. The molecule has 0 radical (unpaired) electrons. The number of aryl methyl sites for hydroxylation is 1. The normalized spacial score (nSPS) is 20.4. The molecule has 2 aliphatic heterocycles. The third-order valence-electron chi connectivity index (χ3n) is 6.54. The van der Waals surface area contributed by atoms with Crippen LogP contribution < -0.4 is 9.64 Å². The zero-order chi connectivity index (χ0) is 22.2. The second kappa shape index (κ2) is 8.48. The van der Waals surface area contributed by atoms with E-state index in [2.05, 4.69) is 0 Å². The predicted octanol–water partition coefficient (Wildman–Crippen LogP) is 3.36. The molecule has 1 saturated carbocycles. The molecule has 1 saturated heterocycles. The SMILES string of the molecule is Cc1nc([C@H]2CCCCN2C(=O)COc2ccccc2F)nc2c1CC(=O)N2CC1CC1. The van der Waals surface area contributed by atoms with Crippen molar-refractivity contribution in [3.8, 4) is 5.75 Å². The van der Waals surface area contributed by atoms with E-state index in [9.17, 15) is 14.0 Å². The van der Waals surface area contributed by atoms with Crippen molar-refractivity contribution in [3.05, 3.63) is 47.2 Å². The first-order valence-electron chi connectivity index (χ1n) is 11.4. The van der Waals surface area contributed by atoms with E-state index in [-0.39, 0.29) is 30.2 Å². The highest BCUT2D eigenvalue weighted by Gasteiger charge is 2.37. The van der Waals surface area contributed by atoms with Crippen LogP contribution in [0.4, 0.5) is 10.2 Å². The Bertz CT molecular complexity index is 1060. The quantitative estimate of drug-likeness (QED) is 0.691. The van der Waals surface area contributed by atoms with Crippen LogP contribution in [0.15, 0.2) is 24.3 Å². The first-order valence-corrected chi connectivity index (χ1v) is 11.4. The van der Waals surface area contributed by atoms with Crippen LogP contribution in [-0.4, -0.2) is 46.4 Å². The van der Waals surface area contributed by atoms with Gasteiger partial charge in [-0.25, -0.2) is 14.4 Å². The molecule has 3 heterocycles. The number of nitrogens with zero attached hydrogens (tertiary/aromatic N) is 4. The van der Waals surface area contributed by atoms with Crippen LogP contribution in [-0.2, 0) is 16.0 Å². The molecule has 2 fully saturated rings. The maximum absolute atomic E-state index is 13.9. The number of halogens is 1. The van der Waals surface area contributed by atoms with Crippen molar-refractivity contribution in [3.63, 3.8) is 0 Å². The minimum atomic E-state index is -0.492. The van der Waals surface area contributed by atoms with Gasteiger partial charge in [-0.2, -0.15) is 0 Å². The van der Waals surface area contributed by atoms with Crippen molar-refractivity contribution in [2.24, 2.45) is 5.92 Å². The molecule has 7 nitrogen and oxygen atoms in total. The molecule has 0 spiro atoms. The van der Waals surface area contributed by atoms with Crippen molar-refractivity contribution in [1.29, 1.82) is 0 Å². The highest BCUT2D eigenvalue weighted by Crippen LogP contribution is 2.37. The number of fused-ring (bicyclic) bond motifs is 1. The maximum atomic E-state index is 13.9. The van der Waals surface area contributed by atoms with Gasteiger partial charge in [0.2, 0.25) is 5.91 Å². The van der Waals surface area contributed by atoms with E-state index < -0.39 is 5.82 Å². The molecule has 1 aromatic carbocycles. The lowest BCUT2D eigenvalue weighted by Gasteiger charge is -2.35. The number of hydrogen-bond donors (Lipinski definition) is 0. The van der Waals surface area contributed by atoms with Crippen LogP contribution in [0.1, 0.15) is 55.2 Å². The second-order valence-corrected chi connectivity index (χ2v) is 8.91. The zero-order valence-corrected chi connectivity index (χ0v) is 18.2. The number of anilines is 1. The number of piperidine rings is 1. The molecule has 8 heteroatoms. The van der Waals surface area contributed by atoms with E-state index in [1.165, 1.54) is 12.1 Å². The number of amides is 2. The van der Waals surface area contributed by atoms with Gasteiger partial charge in [-0.05, 0) is 57.1 Å². The van der Waals surface area contributed by atoms with Crippen LogP contribution in [0.3, 0.4) is 0 Å². The molecule has 0 N–H and O–H groups in total. The molecular weight excluding hydrogens is 411 g/mol. The predicted molar refractivity (Wildman–Crippen MR) is 116 cm³/mol. The number of para-hydroxylation sites is 1. The van der Waals surface area contributed by atoms with E-state index in [4.69, 9.17) is 14.7 Å². The van der Waals surface area contributed by atoms with E-state index in [1.54, 1.807) is 17.0 Å². The minimum Gasteiger partial charge on any atom is -0.481 e. The maximum Gasteiger partial charge on any atom is 0.261 e. The summed E-state index contributed by atoms with van der Waals surface area (Å²) in [6.07, 6.45) is 5.26. The molecule has 2 aromatic rings. The smallest absolute Gasteiger partial charge is 0.261 e. The molecule has 1 atom stereocenters. The number of hydrogen-bond acceptors (Lipinski definition) is 5. The van der Waals surface area contributed by atoms with E-state index >= 15 is 0 Å². The number of likely N-dealkylation sites (tertiary alicyclic amines) is 1. The van der Waals surface area contributed by atoms with E-state index in [0.717, 1.165) is 43.4 Å².